The molecule has 6 nitrogen and oxygen atoms in total. The fourth-order valence-corrected chi connectivity index (χ4v) is 3.73. The van der Waals surface area contributed by atoms with Gasteiger partial charge in [0.1, 0.15) is 0 Å². The van der Waals surface area contributed by atoms with E-state index in [9.17, 15) is 9.59 Å². The lowest BCUT2D eigenvalue weighted by Gasteiger charge is -2.32. The number of pyridine rings is 1. The van der Waals surface area contributed by atoms with Crippen LogP contribution in [0, 0.1) is 5.92 Å². The lowest BCUT2D eigenvalue weighted by Crippen LogP contribution is -2.49. The highest BCUT2D eigenvalue weighted by Crippen LogP contribution is 2.18. The standard InChI is InChI=1S/C18H28N4O2.ClH/c1-13(2)9-15-10-14(11-17(23)20-15)18(24)22-6-3-16(12-22)21-7-4-19-5-8-21;/h10-11,13,16,19H,3-9,12H2,1-2H3,(H,20,23);1H. The molecular weight excluding hydrogens is 340 g/mol. The molecule has 1 unspecified atom stereocenters. The maximum atomic E-state index is 12.8. The molecule has 2 saturated heterocycles. The third-order valence-corrected chi connectivity index (χ3v) is 4.89. The highest BCUT2D eigenvalue weighted by Gasteiger charge is 2.31. The van der Waals surface area contributed by atoms with Crippen LogP contribution in [-0.4, -0.2) is 66.0 Å². The van der Waals surface area contributed by atoms with Crippen LogP contribution in [0.3, 0.4) is 0 Å². The summed E-state index contributed by atoms with van der Waals surface area (Å²) in [5, 5.41) is 3.37. The lowest BCUT2D eigenvalue weighted by atomic mass is 10.1. The number of H-pyrrole nitrogens is 1. The molecule has 0 aliphatic carbocycles. The summed E-state index contributed by atoms with van der Waals surface area (Å²) in [7, 11) is 0. The first-order chi connectivity index (χ1) is 11.5. The molecule has 3 rings (SSSR count). The zero-order valence-electron chi connectivity index (χ0n) is 15.1. The van der Waals surface area contributed by atoms with Crippen molar-refractivity contribution in [2.24, 2.45) is 5.92 Å². The maximum absolute atomic E-state index is 12.8. The zero-order valence-corrected chi connectivity index (χ0v) is 15.9. The fraction of sp³-hybridized carbons (Fsp3) is 0.667. The van der Waals surface area contributed by atoms with E-state index >= 15 is 0 Å². The molecule has 1 aromatic heterocycles. The van der Waals surface area contributed by atoms with Crippen LogP contribution in [0.25, 0.3) is 0 Å². The monoisotopic (exact) mass is 368 g/mol. The minimum atomic E-state index is -0.186. The molecule has 2 aliphatic heterocycles. The molecule has 2 N–H and O–H groups in total. The molecule has 2 fully saturated rings. The molecule has 1 aromatic rings. The number of nitrogens with zero attached hydrogens (tertiary/aromatic N) is 2. The van der Waals surface area contributed by atoms with Gasteiger partial charge in [0.05, 0.1) is 0 Å². The lowest BCUT2D eigenvalue weighted by molar-refractivity contribution is 0.0773. The van der Waals surface area contributed by atoms with Crippen molar-refractivity contribution in [2.45, 2.75) is 32.7 Å². The molecule has 140 valence electrons. The van der Waals surface area contributed by atoms with Gasteiger partial charge in [-0.1, -0.05) is 13.8 Å². The van der Waals surface area contributed by atoms with Crippen LogP contribution in [0.5, 0.6) is 0 Å². The largest absolute Gasteiger partial charge is 0.337 e. The molecule has 7 heteroatoms. The van der Waals surface area contributed by atoms with Gasteiger partial charge in [-0.05, 0) is 24.8 Å². The molecule has 3 heterocycles. The number of rotatable bonds is 4. The Morgan fingerprint density at radius 2 is 1.96 bits per heavy atom. The summed E-state index contributed by atoms with van der Waals surface area (Å²) in [4.78, 5) is 31.9. The minimum Gasteiger partial charge on any atom is -0.337 e. The van der Waals surface area contributed by atoms with E-state index in [-0.39, 0.29) is 23.9 Å². The quantitative estimate of drug-likeness (QED) is 0.835. The molecule has 0 saturated carbocycles. The molecule has 1 amide bonds. The van der Waals surface area contributed by atoms with Crippen molar-refractivity contribution >= 4 is 18.3 Å². The van der Waals surface area contributed by atoms with Gasteiger partial charge in [0.15, 0.2) is 0 Å². The molecule has 0 radical (unpaired) electrons. The van der Waals surface area contributed by atoms with Crippen LogP contribution in [-0.2, 0) is 6.42 Å². The second-order valence-electron chi connectivity index (χ2n) is 7.34. The highest BCUT2D eigenvalue weighted by molar-refractivity contribution is 5.94. The molecule has 0 spiro atoms. The van der Waals surface area contributed by atoms with Crippen LogP contribution in [0.4, 0.5) is 0 Å². The van der Waals surface area contributed by atoms with Crippen LogP contribution >= 0.6 is 12.4 Å². The Hall–Kier alpha value is -1.37. The molecule has 0 bridgehead atoms. The Bertz CT molecular complexity index is 640. The predicted octanol–water partition coefficient (Wildman–Crippen LogP) is 1.11. The molecule has 2 aliphatic rings. The number of hydrogen-bond donors (Lipinski definition) is 2. The zero-order chi connectivity index (χ0) is 17.1. The third kappa shape index (κ3) is 5.06. The van der Waals surface area contributed by atoms with Crippen LogP contribution in [0.15, 0.2) is 16.9 Å². The van der Waals surface area contributed by atoms with Crippen molar-refractivity contribution in [1.29, 1.82) is 0 Å². The Morgan fingerprint density at radius 3 is 2.64 bits per heavy atom. The predicted molar refractivity (Wildman–Crippen MR) is 102 cm³/mol. The van der Waals surface area contributed by atoms with E-state index in [2.05, 4.69) is 29.0 Å². The van der Waals surface area contributed by atoms with E-state index in [0.29, 0.717) is 17.5 Å². The van der Waals surface area contributed by atoms with Crippen molar-refractivity contribution in [3.63, 3.8) is 0 Å². The summed E-state index contributed by atoms with van der Waals surface area (Å²) in [5.74, 6) is 0.429. The number of aromatic nitrogens is 1. The van der Waals surface area contributed by atoms with Crippen molar-refractivity contribution in [2.75, 3.05) is 39.3 Å². The average Bonchev–Trinajstić information content (AvgIpc) is 3.03. The van der Waals surface area contributed by atoms with Crippen molar-refractivity contribution in [3.05, 3.63) is 33.7 Å². The number of hydrogen-bond acceptors (Lipinski definition) is 4. The first-order valence-corrected chi connectivity index (χ1v) is 9.00. The van der Waals surface area contributed by atoms with Gasteiger partial charge in [0.2, 0.25) is 5.56 Å². The van der Waals surface area contributed by atoms with Gasteiger partial charge in [-0.15, -0.1) is 12.4 Å². The van der Waals surface area contributed by atoms with E-state index in [1.54, 1.807) is 0 Å². The number of nitrogens with one attached hydrogen (secondary N) is 2. The normalized spacial score (nSPS) is 21.4. The maximum Gasteiger partial charge on any atom is 0.254 e. The van der Waals surface area contributed by atoms with Gasteiger partial charge in [0.25, 0.3) is 5.91 Å². The van der Waals surface area contributed by atoms with Crippen LogP contribution in [0.1, 0.15) is 36.3 Å². The summed E-state index contributed by atoms with van der Waals surface area (Å²) >= 11 is 0. The number of piperazine rings is 1. The van der Waals surface area contributed by atoms with E-state index in [0.717, 1.165) is 57.8 Å². The van der Waals surface area contributed by atoms with Crippen LogP contribution < -0.4 is 10.9 Å². The summed E-state index contributed by atoms with van der Waals surface area (Å²) in [5.41, 5.74) is 1.18. The van der Waals surface area contributed by atoms with E-state index in [1.165, 1.54) is 6.07 Å². The number of aromatic amines is 1. The topological polar surface area (TPSA) is 68.4 Å². The number of likely N-dealkylation sites (tertiary alicyclic amines) is 1. The fourth-order valence-electron chi connectivity index (χ4n) is 3.73. The Balaban J connectivity index is 0.00000225. The van der Waals surface area contributed by atoms with E-state index in [4.69, 9.17) is 0 Å². The Morgan fingerprint density at radius 1 is 1.24 bits per heavy atom. The van der Waals surface area contributed by atoms with Crippen molar-refractivity contribution in [3.8, 4) is 0 Å². The summed E-state index contributed by atoms with van der Waals surface area (Å²) < 4.78 is 0. The average molecular weight is 369 g/mol. The first-order valence-electron chi connectivity index (χ1n) is 9.00. The van der Waals surface area contributed by atoms with Crippen LogP contribution in [0.2, 0.25) is 0 Å². The summed E-state index contributed by atoms with van der Waals surface area (Å²) in [6, 6.07) is 3.74. The number of carbonyl (C=O) groups excluding carboxylic acids is 1. The molecule has 0 aromatic carbocycles. The van der Waals surface area contributed by atoms with Gasteiger partial charge in [-0.25, -0.2) is 0 Å². The van der Waals surface area contributed by atoms with E-state index in [1.807, 2.05) is 11.0 Å². The highest BCUT2D eigenvalue weighted by atomic mass is 35.5. The SMILES string of the molecule is CC(C)Cc1cc(C(=O)N2CCC(N3CCNCC3)C2)cc(=O)[nH]1.Cl. The van der Waals surface area contributed by atoms with Gasteiger partial charge in [0, 0.05) is 62.6 Å². The molecule has 1 atom stereocenters. The second kappa shape index (κ2) is 8.83. The Labute approximate surface area is 155 Å². The first kappa shape index (κ1) is 19.9. The van der Waals surface area contributed by atoms with E-state index < -0.39 is 0 Å². The third-order valence-electron chi connectivity index (χ3n) is 4.89. The summed E-state index contributed by atoms with van der Waals surface area (Å²) in [6.07, 6.45) is 1.80. The number of halogens is 1. The van der Waals surface area contributed by atoms with Crippen molar-refractivity contribution < 1.29 is 4.79 Å². The Kier molecular flexibility index (Phi) is 7.04. The van der Waals surface area contributed by atoms with Gasteiger partial charge >= 0.3 is 0 Å². The molecular formula is C18H29ClN4O2. The summed E-state index contributed by atoms with van der Waals surface area (Å²) in [6.45, 7) is 9.90. The van der Waals surface area contributed by atoms with Crippen molar-refractivity contribution in [1.82, 2.24) is 20.1 Å². The van der Waals surface area contributed by atoms with Gasteiger partial charge in [-0.3, -0.25) is 14.5 Å². The second-order valence-corrected chi connectivity index (χ2v) is 7.34. The minimum absolute atomic E-state index is 0. The van der Waals surface area contributed by atoms with Gasteiger partial charge < -0.3 is 15.2 Å². The number of carbonyl (C=O) groups is 1. The smallest absolute Gasteiger partial charge is 0.254 e. The molecule has 25 heavy (non-hydrogen) atoms. The van der Waals surface area contributed by atoms with Gasteiger partial charge in [-0.2, -0.15) is 0 Å². The number of amides is 1.